The number of carbonyl (C=O) groups excluding carboxylic acids is 1. The zero-order chi connectivity index (χ0) is 20.1. The molecule has 1 aromatic heterocycles. The van der Waals surface area contributed by atoms with Crippen molar-refractivity contribution in [3.63, 3.8) is 0 Å². The van der Waals surface area contributed by atoms with Gasteiger partial charge in [0, 0.05) is 10.6 Å². The Hall–Kier alpha value is -3.12. The predicted molar refractivity (Wildman–Crippen MR) is 109 cm³/mol. The van der Waals surface area contributed by atoms with Gasteiger partial charge in [0.1, 0.15) is 17.6 Å². The molecule has 0 fully saturated rings. The monoisotopic (exact) mass is 398 g/mol. The van der Waals surface area contributed by atoms with E-state index >= 15 is 0 Å². The summed E-state index contributed by atoms with van der Waals surface area (Å²) in [4.78, 5) is 24.6. The zero-order valence-electron chi connectivity index (χ0n) is 15.4. The van der Waals surface area contributed by atoms with E-state index < -0.39 is 5.91 Å². The topological polar surface area (TPSA) is 80.9 Å². The van der Waals surface area contributed by atoms with Gasteiger partial charge in [-0.05, 0) is 48.4 Å². The van der Waals surface area contributed by atoms with Gasteiger partial charge in [0.15, 0.2) is 0 Å². The fourth-order valence-corrected chi connectivity index (χ4v) is 2.57. The highest BCUT2D eigenvalue weighted by Crippen LogP contribution is 2.17. The van der Waals surface area contributed by atoms with Gasteiger partial charge in [0.25, 0.3) is 5.91 Å². The van der Waals surface area contributed by atoms with E-state index in [0.717, 1.165) is 0 Å². The Morgan fingerprint density at radius 1 is 1.25 bits per heavy atom. The number of hydrogen-bond donors (Lipinski definition) is 1. The molecule has 144 valence electrons. The summed E-state index contributed by atoms with van der Waals surface area (Å²) >= 11 is 5.92. The van der Waals surface area contributed by atoms with Gasteiger partial charge >= 0.3 is 0 Å². The van der Waals surface area contributed by atoms with Crippen LogP contribution < -0.4 is 15.6 Å². The van der Waals surface area contributed by atoms with Crippen molar-refractivity contribution in [2.75, 3.05) is 6.61 Å². The standard InChI is InChI=1S/C21H19ClN2O4/c1-13(2)11-27-17-6-3-14(4-7-17)21(26)24-23-10-15-12-28-19-8-5-16(22)9-18(19)20(15)25/h3-10,12-13H,11H2,1-2H3,(H,24,26)/b23-10+. The Labute approximate surface area is 166 Å². The zero-order valence-corrected chi connectivity index (χ0v) is 16.2. The van der Waals surface area contributed by atoms with Gasteiger partial charge in [-0.2, -0.15) is 5.10 Å². The van der Waals surface area contributed by atoms with Crippen LogP contribution in [0.4, 0.5) is 0 Å². The number of nitrogens with one attached hydrogen (secondary N) is 1. The smallest absolute Gasteiger partial charge is 0.271 e. The maximum atomic E-state index is 12.4. The molecule has 0 atom stereocenters. The first-order chi connectivity index (χ1) is 13.4. The number of carbonyl (C=O) groups is 1. The fraction of sp³-hybridized carbons (Fsp3) is 0.190. The molecule has 3 aromatic rings. The van der Waals surface area contributed by atoms with Gasteiger partial charge in [-0.3, -0.25) is 9.59 Å². The minimum atomic E-state index is -0.403. The first-order valence-corrected chi connectivity index (χ1v) is 9.09. The number of hydrazone groups is 1. The predicted octanol–water partition coefficient (Wildman–Crippen LogP) is 4.25. The van der Waals surface area contributed by atoms with Gasteiger partial charge in [-0.25, -0.2) is 5.43 Å². The van der Waals surface area contributed by atoms with Crippen LogP contribution in [0.3, 0.4) is 0 Å². The van der Waals surface area contributed by atoms with Crippen LogP contribution in [-0.2, 0) is 0 Å². The highest BCUT2D eigenvalue weighted by atomic mass is 35.5. The molecular formula is C21H19ClN2O4. The number of rotatable bonds is 6. The van der Waals surface area contributed by atoms with Crippen molar-refractivity contribution in [3.8, 4) is 5.75 Å². The molecule has 1 N–H and O–H groups in total. The summed E-state index contributed by atoms with van der Waals surface area (Å²) < 4.78 is 11.0. The van der Waals surface area contributed by atoms with Crippen LogP contribution in [0.2, 0.25) is 5.02 Å². The molecule has 1 amide bonds. The van der Waals surface area contributed by atoms with Crippen LogP contribution in [0.15, 0.2) is 63.0 Å². The molecule has 3 rings (SSSR count). The third kappa shape index (κ3) is 4.78. The maximum Gasteiger partial charge on any atom is 0.271 e. The average molecular weight is 399 g/mol. The summed E-state index contributed by atoms with van der Waals surface area (Å²) in [6, 6.07) is 11.5. The third-order valence-electron chi connectivity index (χ3n) is 3.83. The minimum absolute atomic E-state index is 0.201. The number of fused-ring (bicyclic) bond motifs is 1. The summed E-state index contributed by atoms with van der Waals surface area (Å²) in [7, 11) is 0. The van der Waals surface area contributed by atoms with Gasteiger partial charge in [-0.15, -0.1) is 0 Å². The van der Waals surface area contributed by atoms with E-state index in [0.29, 0.717) is 39.8 Å². The first kappa shape index (κ1) is 19.6. The van der Waals surface area contributed by atoms with E-state index in [9.17, 15) is 9.59 Å². The second kappa shape index (κ2) is 8.71. The molecule has 0 saturated carbocycles. The minimum Gasteiger partial charge on any atom is -0.493 e. The lowest BCUT2D eigenvalue weighted by molar-refractivity contribution is 0.0955. The van der Waals surface area contributed by atoms with Crippen molar-refractivity contribution in [2.45, 2.75) is 13.8 Å². The highest BCUT2D eigenvalue weighted by molar-refractivity contribution is 6.31. The van der Waals surface area contributed by atoms with Gasteiger partial charge in [-0.1, -0.05) is 25.4 Å². The number of halogens is 1. The van der Waals surface area contributed by atoms with Gasteiger partial charge < -0.3 is 9.15 Å². The third-order valence-corrected chi connectivity index (χ3v) is 4.07. The van der Waals surface area contributed by atoms with E-state index in [-0.39, 0.29) is 11.0 Å². The molecule has 0 aliphatic carbocycles. The SMILES string of the molecule is CC(C)COc1ccc(C(=O)N/N=C/c2coc3ccc(Cl)cc3c2=O)cc1. The van der Waals surface area contributed by atoms with Crippen LogP contribution in [-0.4, -0.2) is 18.7 Å². The summed E-state index contributed by atoms with van der Waals surface area (Å²) in [5.74, 6) is 0.710. The van der Waals surface area contributed by atoms with Crippen LogP contribution in [0, 0.1) is 5.92 Å². The molecule has 0 unspecified atom stereocenters. The number of amides is 1. The molecule has 0 spiro atoms. The number of nitrogens with zero attached hydrogens (tertiary/aromatic N) is 1. The summed E-state index contributed by atoms with van der Waals surface area (Å²) in [5, 5.41) is 4.62. The highest BCUT2D eigenvalue weighted by Gasteiger charge is 2.07. The molecule has 0 aliphatic heterocycles. The fourth-order valence-electron chi connectivity index (χ4n) is 2.40. The van der Waals surface area contributed by atoms with E-state index in [1.807, 2.05) is 0 Å². The van der Waals surface area contributed by atoms with Crippen molar-refractivity contribution in [1.82, 2.24) is 5.43 Å². The molecule has 0 saturated heterocycles. The first-order valence-electron chi connectivity index (χ1n) is 8.71. The molecule has 0 bridgehead atoms. The van der Waals surface area contributed by atoms with Crippen molar-refractivity contribution < 1.29 is 13.9 Å². The molecule has 0 aliphatic rings. The summed E-state index contributed by atoms with van der Waals surface area (Å²) in [6.45, 7) is 4.73. The van der Waals surface area contributed by atoms with Crippen molar-refractivity contribution in [3.05, 3.63) is 75.1 Å². The summed E-state index contributed by atoms with van der Waals surface area (Å²) in [6.07, 6.45) is 2.53. The van der Waals surface area contributed by atoms with E-state index in [1.54, 1.807) is 36.4 Å². The van der Waals surface area contributed by atoms with Crippen LogP contribution in [0.25, 0.3) is 11.0 Å². The Bertz CT molecular complexity index is 1070. The number of benzene rings is 2. The lowest BCUT2D eigenvalue weighted by Gasteiger charge is -2.08. The van der Waals surface area contributed by atoms with E-state index in [2.05, 4.69) is 24.4 Å². The second-order valence-electron chi connectivity index (χ2n) is 6.59. The molecular weight excluding hydrogens is 380 g/mol. The summed E-state index contributed by atoms with van der Waals surface area (Å²) in [5.41, 5.74) is 3.15. The quantitative estimate of drug-likeness (QED) is 0.497. The second-order valence-corrected chi connectivity index (χ2v) is 7.03. The molecule has 0 radical (unpaired) electrons. The maximum absolute atomic E-state index is 12.4. The van der Waals surface area contributed by atoms with Crippen molar-refractivity contribution in [1.29, 1.82) is 0 Å². The van der Waals surface area contributed by atoms with E-state index in [4.69, 9.17) is 20.8 Å². The van der Waals surface area contributed by atoms with Crippen LogP contribution in [0.5, 0.6) is 5.75 Å². The Kier molecular flexibility index (Phi) is 6.11. The molecule has 28 heavy (non-hydrogen) atoms. The molecule has 2 aromatic carbocycles. The molecule has 7 heteroatoms. The average Bonchev–Trinajstić information content (AvgIpc) is 2.69. The molecule has 1 heterocycles. The number of ether oxygens (including phenoxy) is 1. The Balaban J connectivity index is 1.67. The lowest BCUT2D eigenvalue weighted by Crippen LogP contribution is -2.18. The van der Waals surface area contributed by atoms with E-state index in [1.165, 1.54) is 18.5 Å². The van der Waals surface area contributed by atoms with Crippen molar-refractivity contribution >= 4 is 34.7 Å². The largest absolute Gasteiger partial charge is 0.493 e. The van der Waals surface area contributed by atoms with Crippen molar-refractivity contribution in [2.24, 2.45) is 11.0 Å². The van der Waals surface area contributed by atoms with Gasteiger partial charge in [0.2, 0.25) is 5.43 Å². The van der Waals surface area contributed by atoms with Crippen LogP contribution in [0.1, 0.15) is 29.8 Å². The lowest BCUT2D eigenvalue weighted by atomic mass is 10.2. The number of hydrogen-bond acceptors (Lipinski definition) is 5. The van der Waals surface area contributed by atoms with Crippen LogP contribution >= 0.6 is 11.6 Å². The normalized spacial score (nSPS) is 11.3. The molecule has 6 nitrogen and oxygen atoms in total. The Morgan fingerprint density at radius 3 is 2.71 bits per heavy atom. The van der Waals surface area contributed by atoms with Gasteiger partial charge in [0.05, 0.1) is 23.8 Å². The Morgan fingerprint density at radius 2 is 2.00 bits per heavy atom.